The van der Waals surface area contributed by atoms with E-state index in [9.17, 15) is 9.59 Å². The zero-order valence-corrected chi connectivity index (χ0v) is 14.9. The molecule has 1 aromatic carbocycles. The minimum absolute atomic E-state index is 0.0524. The van der Waals surface area contributed by atoms with Crippen LogP contribution >= 0.6 is 0 Å². The van der Waals surface area contributed by atoms with Crippen molar-refractivity contribution in [1.29, 1.82) is 0 Å². The number of carbonyl (C=O) groups is 2. The van der Waals surface area contributed by atoms with Gasteiger partial charge in [0, 0.05) is 31.9 Å². The molecule has 0 saturated carbocycles. The number of aromatic nitrogens is 4. The Labute approximate surface area is 156 Å². The van der Waals surface area contributed by atoms with Gasteiger partial charge in [-0.05, 0) is 17.7 Å². The second-order valence-corrected chi connectivity index (χ2v) is 6.62. The molecule has 0 spiro atoms. The van der Waals surface area contributed by atoms with Crippen LogP contribution in [-0.4, -0.2) is 37.4 Å². The van der Waals surface area contributed by atoms with Crippen LogP contribution in [-0.2, 0) is 26.6 Å². The summed E-state index contributed by atoms with van der Waals surface area (Å²) in [6.07, 6.45) is 2.37. The first kappa shape index (κ1) is 17.0. The largest absolute Gasteiger partial charge is 0.347 e. The highest BCUT2D eigenvalue weighted by Crippen LogP contribution is 2.16. The summed E-state index contributed by atoms with van der Waals surface area (Å²) in [5.74, 6) is -0.401. The fourth-order valence-corrected chi connectivity index (χ4v) is 3.18. The Hall–Kier alpha value is -3.42. The Kier molecular flexibility index (Phi) is 4.45. The average Bonchev–Trinajstić information content (AvgIpc) is 3.35. The molecule has 1 aliphatic rings. The van der Waals surface area contributed by atoms with Crippen molar-refractivity contribution in [2.24, 2.45) is 7.05 Å². The van der Waals surface area contributed by atoms with Crippen LogP contribution in [0, 0.1) is 0 Å². The van der Waals surface area contributed by atoms with Crippen molar-refractivity contribution in [3.05, 3.63) is 71.3 Å². The minimum Gasteiger partial charge on any atom is -0.347 e. The molecule has 138 valence electrons. The van der Waals surface area contributed by atoms with Gasteiger partial charge < -0.3 is 10.6 Å². The molecule has 1 aliphatic heterocycles. The number of carbonyl (C=O) groups excluding carboxylic acids is 2. The fourth-order valence-electron chi connectivity index (χ4n) is 3.18. The molecular formula is C19H20N6O2. The Morgan fingerprint density at radius 3 is 2.63 bits per heavy atom. The number of benzene rings is 1. The highest BCUT2D eigenvalue weighted by molar-refractivity contribution is 5.93. The van der Waals surface area contributed by atoms with E-state index in [1.54, 1.807) is 34.7 Å². The molecule has 0 unspecified atom stereocenters. The lowest BCUT2D eigenvalue weighted by Gasteiger charge is -2.10. The van der Waals surface area contributed by atoms with Crippen molar-refractivity contribution in [3.8, 4) is 0 Å². The van der Waals surface area contributed by atoms with E-state index in [0.717, 1.165) is 11.3 Å². The van der Waals surface area contributed by atoms with E-state index >= 15 is 0 Å². The average molecular weight is 364 g/mol. The maximum atomic E-state index is 12.3. The summed E-state index contributed by atoms with van der Waals surface area (Å²) >= 11 is 0. The van der Waals surface area contributed by atoms with E-state index in [4.69, 9.17) is 0 Å². The summed E-state index contributed by atoms with van der Waals surface area (Å²) in [6.45, 7) is 1.00. The molecule has 3 heterocycles. The monoisotopic (exact) mass is 364 g/mol. The molecule has 0 saturated heterocycles. The highest BCUT2D eigenvalue weighted by Gasteiger charge is 2.27. The van der Waals surface area contributed by atoms with Crippen LogP contribution in [0.5, 0.6) is 0 Å². The van der Waals surface area contributed by atoms with Gasteiger partial charge in [0.1, 0.15) is 11.4 Å². The first-order valence-electron chi connectivity index (χ1n) is 8.78. The van der Waals surface area contributed by atoms with Crippen molar-refractivity contribution in [2.45, 2.75) is 25.6 Å². The smallest absolute Gasteiger partial charge is 0.272 e. The number of rotatable bonds is 5. The van der Waals surface area contributed by atoms with Crippen LogP contribution in [0.2, 0.25) is 0 Å². The van der Waals surface area contributed by atoms with E-state index in [1.807, 2.05) is 30.3 Å². The summed E-state index contributed by atoms with van der Waals surface area (Å²) in [5.41, 5.74) is 2.76. The molecule has 2 aromatic heterocycles. The Morgan fingerprint density at radius 2 is 1.93 bits per heavy atom. The molecule has 27 heavy (non-hydrogen) atoms. The van der Waals surface area contributed by atoms with Crippen molar-refractivity contribution in [1.82, 2.24) is 30.2 Å². The van der Waals surface area contributed by atoms with Gasteiger partial charge in [-0.25, -0.2) is 0 Å². The predicted octanol–water partition coefficient (Wildman–Crippen LogP) is 0.901. The molecule has 2 N–H and O–H groups in total. The first-order valence-corrected chi connectivity index (χ1v) is 8.78. The van der Waals surface area contributed by atoms with Gasteiger partial charge >= 0.3 is 0 Å². The van der Waals surface area contributed by atoms with Gasteiger partial charge in [0.25, 0.3) is 11.8 Å². The van der Waals surface area contributed by atoms with Gasteiger partial charge in [-0.3, -0.25) is 19.0 Å². The van der Waals surface area contributed by atoms with Crippen molar-refractivity contribution < 1.29 is 9.59 Å². The van der Waals surface area contributed by atoms with E-state index in [1.165, 1.54) is 0 Å². The second-order valence-electron chi connectivity index (χ2n) is 6.62. The van der Waals surface area contributed by atoms with Crippen molar-refractivity contribution in [3.63, 3.8) is 0 Å². The first-order chi connectivity index (χ1) is 13.1. The predicted molar refractivity (Wildman–Crippen MR) is 98.0 cm³/mol. The zero-order valence-electron chi connectivity index (χ0n) is 14.9. The van der Waals surface area contributed by atoms with E-state index < -0.39 is 0 Å². The topological polar surface area (TPSA) is 93.8 Å². The Morgan fingerprint density at radius 1 is 1.11 bits per heavy atom. The Bertz CT molecular complexity index is 952. The van der Waals surface area contributed by atoms with E-state index in [2.05, 4.69) is 20.8 Å². The lowest BCUT2D eigenvalue weighted by Crippen LogP contribution is -2.36. The van der Waals surface area contributed by atoms with Crippen LogP contribution in [0.3, 0.4) is 0 Å². The van der Waals surface area contributed by atoms with Crippen LogP contribution in [0.15, 0.2) is 48.7 Å². The summed E-state index contributed by atoms with van der Waals surface area (Å²) in [4.78, 5) is 24.5. The fraction of sp³-hybridized carbons (Fsp3) is 0.263. The lowest BCUT2D eigenvalue weighted by atomic mass is 10.2. The Balaban J connectivity index is 1.33. The summed E-state index contributed by atoms with van der Waals surface area (Å²) < 4.78 is 3.37. The highest BCUT2D eigenvalue weighted by atomic mass is 16.2. The number of amides is 2. The van der Waals surface area contributed by atoms with Gasteiger partial charge in [0.05, 0.1) is 12.6 Å². The standard InChI is InChI=1S/C19H20N6O2/c1-24-8-7-16(22-24)19(27)21-14-9-15-10-17(23-25(15)12-14)18(26)20-11-13-5-3-2-4-6-13/h2-8,10,14H,9,11-12H2,1H3,(H,20,26)(H,21,27)/t14-/m0/s1. The molecule has 0 aliphatic carbocycles. The SMILES string of the molecule is Cn1ccc(C(=O)N[C@H]2Cc3cc(C(=O)NCc4ccccc4)nn3C2)n1. The summed E-state index contributed by atoms with van der Waals surface area (Å²) in [6, 6.07) is 13.1. The summed E-state index contributed by atoms with van der Waals surface area (Å²) in [5, 5.41) is 14.3. The molecule has 4 rings (SSSR count). The number of nitrogens with one attached hydrogen (secondary N) is 2. The molecule has 0 fully saturated rings. The van der Waals surface area contributed by atoms with Crippen LogP contribution in [0.4, 0.5) is 0 Å². The molecule has 8 heteroatoms. The van der Waals surface area contributed by atoms with Crippen LogP contribution in [0.1, 0.15) is 32.2 Å². The van der Waals surface area contributed by atoms with Gasteiger partial charge in [-0.1, -0.05) is 30.3 Å². The van der Waals surface area contributed by atoms with Crippen molar-refractivity contribution in [2.75, 3.05) is 0 Å². The molecular weight excluding hydrogens is 344 g/mol. The van der Waals surface area contributed by atoms with Crippen LogP contribution < -0.4 is 10.6 Å². The van der Waals surface area contributed by atoms with E-state index in [0.29, 0.717) is 30.9 Å². The number of hydrogen-bond donors (Lipinski definition) is 2. The maximum Gasteiger partial charge on any atom is 0.272 e. The lowest BCUT2D eigenvalue weighted by molar-refractivity contribution is 0.0923. The quantitative estimate of drug-likeness (QED) is 0.703. The van der Waals surface area contributed by atoms with E-state index in [-0.39, 0.29) is 17.9 Å². The third-order valence-corrected chi connectivity index (χ3v) is 4.52. The van der Waals surface area contributed by atoms with Gasteiger partial charge in [0.15, 0.2) is 0 Å². The maximum absolute atomic E-state index is 12.3. The molecule has 2 amide bonds. The second kappa shape index (κ2) is 7.06. The van der Waals surface area contributed by atoms with Crippen molar-refractivity contribution >= 4 is 11.8 Å². The normalized spacial score (nSPS) is 15.4. The number of nitrogens with zero attached hydrogens (tertiary/aromatic N) is 4. The molecule has 1 atom stereocenters. The number of fused-ring (bicyclic) bond motifs is 1. The molecule has 0 bridgehead atoms. The third-order valence-electron chi connectivity index (χ3n) is 4.52. The molecule has 0 radical (unpaired) electrons. The van der Waals surface area contributed by atoms with Gasteiger partial charge in [0.2, 0.25) is 0 Å². The number of aryl methyl sites for hydroxylation is 1. The van der Waals surface area contributed by atoms with Gasteiger partial charge in [-0.2, -0.15) is 10.2 Å². The minimum atomic E-state index is -0.202. The molecule has 3 aromatic rings. The van der Waals surface area contributed by atoms with Crippen LogP contribution in [0.25, 0.3) is 0 Å². The van der Waals surface area contributed by atoms with Gasteiger partial charge in [-0.15, -0.1) is 0 Å². The molecule has 8 nitrogen and oxygen atoms in total. The number of hydrogen-bond acceptors (Lipinski definition) is 4. The zero-order chi connectivity index (χ0) is 18.8. The summed E-state index contributed by atoms with van der Waals surface area (Å²) in [7, 11) is 1.77. The third kappa shape index (κ3) is 3.74.